The molecule has 0 aromatic carbocycles. The lowest BCUT2D eigenvalue weighted by Gasteiger charge is -2.37. The van der Waals surface area contributed by atoms with E-state index < -0.39 is 5.97 Å². The molecule has 0 aliphatic carbocycles. The molecule has 0 saturated carbocycles. The van der Waals surface area contributed by atoms with Crippen molar-refractivity contribution in [3.05, 3.63) is 0 Å². The Bertz CT molecular complexity index is 228. The average Bonchev–Trinajstić information content (AvgIpc) is 2.19. The van der Waals surface area contributed by atoms with E-state index in [1.807, 2.05) is 0 Å². The first-order valence-corrected chi connectivity index (χ1v) is 6.49. The highest BCUT2D eigenvalue weighted by molar-refractivity contribution is 5.70. The van der Waals surface area contributed by atoms with E-state index in [-0.39, 0.29) is 12.0 Å². The van der Waals surface area contributed by atoms with Gasteiger partial charge in [-0.2, -0.15) is 0 Å². The van der Waals surface area contributed by atoms with Crippen molar-refractivity contribution in [2.24, 2.45) is 11.8 Å². The molecule has 0 aromatic rings. The number of carboxylic acids is 1. The minimum atomic E-state index is -0.624. The smallest absolute Gasteiger partial charge is 0.308 e. The van der Waals surface area contributed by atoms with Crippen LogP contribution in [0.4, 0.5) is 0 Å². The van der Waals surface area contributed by atoms with Gasteiger partial charge in [0.25, 0.3) is 0 Å². The number of carbonyl (C=O) groups is 1. The standard InChI is InChI=1S/C13H25NO2/c1-10(2)6-4-8-14-9-5-7-12(11(14)3)13(15)16/h10-12H,4-9H2,1-3H3,(H,15,16)/t11-,12-/m0/s1. The van der Waals surface area contributed by atoms with Gasteiger partial charge >= 0.3 is 5.97 Å². The van der Waals surface area contributed by atoms with Crippen LogP contribution >= 0.6 is 0 Å². The summed E-state index contributed by atoms with van der Waals surface area (Å²) >= 11 is 0. The Morgan fingerprint density at radius 1 is 1.50 bits per heavy atom. The van der Waals surface area contributed by atoms with E-state index >= 15 is 0 Å². The first-order valence-electron chi connectivity index (χ1n) is 6.49. The highest BCUT2D eigenvalue weighted by Gasteiger charge is 2.32. The molecule has 94 valence electrons. The number of rotatable bonds is 5. The first kappa shape index (κ1) is 13.5. The topological polar surface area (TPSA) is 40.5 Å². The highest BCUT2D eigenvalue weighted by Crippen LogP contribution is 2.24. The van der Waals surface area contributed by atoms with Gasteiger partial charge in [0.1, 0.15) is 0 Å². The summed E-state index contributed by atoms with van der Waals surface area (Å²) in [5.74, 6) is -0.0378. The summed E-state index contributed by atoms with van der Waals surface area (Å²) in [6.45, 7) is 8.67. The first-order chi connectivity index (χ1) is 7.52. The van der Waals surface area contributed by atoms with Crippen LogP contribution in [0.2, 0.25) is 0 Å². The molecule has 0 spiro atoms. The molecule has 0 bridgehead atoms. The number of hydrogen-bond acceptors (Lipinski definition) is 2. The second-order valence-electron chi connectivity index (χ2n) is 5.40. The maximum absolute atomic E-state index is 11.1. The third kappa shape index (κ3) is 3.78. The minimum absolute atomic E-state index is 0.159. The number of likely N-dealkylation sites (tertiary alicyclic amines) is 1. The fourth-order valence-corrected chi connectivity index (χ4v) is 2.56. The van der Waals surface area contributed by atoms with E-state index in [2.05, 4.69) is 25.7 Å². The van der Waals surface area contributed by atoms with Gasteiger partial charge in [0.15, 0.2) is 0 Å². The summed E-state index contributed by atoms with van der Waals surface area (Å²) in [7, 11) is 0. The fraction of sp³-hybridized carbons (Fsp3) is 0.923. The molecule has 1 saturated heterocycles. The Balaban J connectivity index is 2.38. The van der Waals surface area contributed by atoms with Gasteiger partial charge in [-0.15, -0.1) is 0 Å². The molecule has 0 amide bonds. The lowest BCUT2D eigenvalue weighted by atomic mass is 9.90. The Hall–Kier alpha value is -0.570. The number of hydrogen-bond donors (Lipinski definition) is 1. The lowest BCUT2D eigenvalue weighted by molar-refractivity contribution is -0.145. The van der Waals surface area contributed by atoms with Crippen LogP contribution in [0.3, 0.4) is 0 Å². The normalized spacial score (nSPS) is 27.2. The van der Waals surface area contributed by atoms with Gasteiger partial charge in [-0.3, -0.25) is 9.69 Å². The number of piperidine rings is 1. The van der Waals surface area contributed by atoms with Crippen LogP contribution in [0, 0.1) is 11.8 Å². The van der Waals surface area contributed by atoms with Gasteiger partial charge in [-0.05, 0) is 51.6 Å². The van der Waals surface area contributed by atoms with Gasteiger partial charge in [0.2, 0.25) is 0 Å². The second kappa shape index (κ2) is 6.24. The third-order valence-corrected chi connectivity index (χ3v) is 3.66. The molecule has 1 N–H and O–H groups in total. The maximum Gasteiger partial charge on any atom is 0.308 e. The zero-order chi connectivity index (χ0) is 12.1. The van der Waals surface area contributed by atoms with Crippen molar-refractivity contribution in [1.82, 2.24) is 4.90 Å². The molecule has 1 fully saturated rings. The van der Waals surface area contributed by atoms with Crippen molar-refractivity contribution in [3.63, 3.8) is 0 Å². The Morgan fingerprint density at radius 3 is 2.75 bits per heavy atom. The van der Waals surface area contributed by atoms with E-state index in [1.54, 1.807) is 0 Å². The largest absolute Gasteiger partial charge is 0.481 e. The lowest BCUT2D eigenvalue weighted by Crippen LogP contribution is -2.46. The Labute approximate surface area is 98.8 Å². The monoisotopic (exact) mass is 227 g/mol. The summed E-state index contributed by atoms with van der Waals surface area (Å²) in [5.41, 5.74) is 0. The number of carboxylic acid groups (broad SMARTS) is 1. The molecule has 0 unspecified atom stereocenters. The van der Waals surface area contributed by atoms with Crippen molar-refractivity contribution in [1.29, 1.82) is 0 Å². The molecule has 2 atom stereocenters. The maximum atomic E-state index is 11.1. The quantitative estimate of drug-likeness (QED) is 0.785. The summed E-state index contributed by atoms with van der Waals surface area (Å²) in [4.78, 5) is 13.4. The summed E-state index contributed by atoms with van der Waals surface area (Å²) < 4.78 is 0. The van der Waals surface area contributed by atoms with Gasteiger partial charge in [-0.1, -0.05) is 13.8 Å². The SMILES string of the molecule is CC(C)CCCN1CCC[C@H](C(=O)O)[C@@H]1C. The van der Waals surface area contributed by atoms with Crippen molar-refractivity contribution in [2.75, 3.05) is 13.1 Å². The predicted molar refractivity (Wildman–Crippen MR) is 65.5 cm³/mol. The van der Waals surface area contributed by atoms with E-state index in [0.29, 0.717) is 0 Å². The zero-order valence-electron chi connectivity index (χ0n) is 10.8. The summed E-state index contributed by atoms with van der Waals surface area (Å²) in [5, 5.41) is 9.11. The average molecular weight is 227 g/mol. The summed E-state index contributed by atoms with van der Waals surface area (Å²) in [6, 6.07) is 0.207. The fourth-order valence-electron chi connectivity index (χ4n) is 2.56. The van der Waals surface area contributed by atoms with Gasteiger partial charge in [-0.25, -0.2) is 0 Å². The van der Waals surface area contributed by atoms with Gasteiger partial charge in [0.05, 0.1) is 5.92 Å². The van der Waals surface area contributed by atoms with Crippen LogP contribution in [0.25, 0.3) is 0 Å². The van der Waals surface area contributed by atoms with E-state index in [1.165, 1.54) is 12.8 Å². The van der Waals surface area contributed by atoms with Crippen molar-refractivity contribution in [3.8, 4) is 0 Å². The number of nitrogens with zero attached hydrogens (tertiary/aromatic N) is 1. The van der Waals surface area contributed by atoms with Crippen LogP contribution in [-0.2, 0) is 4.79 Å². The zero-order valence-corrected chi connectivity index (χ0v) is 10.8. The van der Waals surface area contributed by atoms with E-state index in [0.717, 1.165) is 31.8 Å². The minimum Gasteiger partial charge on any atom is -0.481 e. The van der Waals surface area contributed by atoms with Gasteiger partial charge in [0, 0.05) is 6.04 Å². The van der Waals surface area contributed by atoms with Crippen LogP contribution in [-0.4, -0.2) is 35.1 Å². The molecule has 3 heteroatoms. The Morgan fingerprint density at radius 2 is 2.19 bits per heavy atom. The van der Waals surface area contributed by atoms with Crippen molar-refractivity contribution >= 4 is 5.97 Å². The molecular weight excluding hydrogens is 202 g/mol. The van der Waals surface area contributed by atoms with Crippen LogP contribution in [0.1, 0.15) is 46.5 Å². The van der Waals surface area contributed by atoms with Crippen molar-refractivity contribution in [2.45, 2.75) is 52.5 Å². The molecule has 1 heterocycles. The van der Waals surface area contributed by atoms with Crippen LogP contribution in [0.5, 0.6) is 0 Å². The van der Waals surface area contributed by atoms with E-state index in [9.17, 15) is 4.79 Å². The predicted octanol–water partition coefficient (Wildman–Crippen LogP) is 2.61. The summed E-state index contributed by atoms with van der Waals surface area (Å²) in [6.07, 6.45) is 4.30. The molecule has 3 nitrogen and oxygen atoms in total. The molecule has 1 aliphatic heterocycles. The third-order valence-electron chi connectivity index (χ3n) is 3.66. The molecule has 0 radical (unpaired) electrons. The Kier molecular flexibility index (Phi) is 5.26. The second-order valence-corrected chi connectivity index (χ2v) is 5.40. The molecule has 16 heavy (non-hydrogen) atoms. The van der Waals surface area contributed by atoms with Crippen molar-refractivity contribution < 1.29 is 9.90 Å². The molecule has 1 rings (SSSR count). The van der Waals surface area contributed by atoms with E-state index in [4.69, 9.17) is 5.11 Å². The van der Waals surface area contributed by atoms with Gasteiger partial charge < -0.3 is 5.11 Å². The highest BCUT2D eigenvalue weighted by atomic mass is 16.4. The number of aliphatic carboxylic acids is 1. The van der Waals surface area contributed by atoms with Crippen LogP contribution in [0.15, 0.2) is 0 Å². The van der Waals surface area contributed by atoms with Crippen LogP contribution < -0.4 is 0 Å². The molecular formula is C13H25NO2. The molecule has 0 aromatic heterocycles. The molecule has 1 aliphatic rings.